The van der Waals surface area contributed by atoms with E-state index in [4.69, 9.17) is 11.6 Å². The number of nitro groups is 1. The zero-order chi connectivity index (χ0) is 14.0. The average molecular weight is 282 g/mol. The number of anilines is 1. The molecule has 2 rings (SSSR count). The van der Waals surface area contributed by atoms with Gasteiger partial charge in [-0.2, -0.15) is 0 Å². The molecule has 2 heterocycles. The number of halogens is 1. The van der Waals surface area contributed by atoms with Crippen LogP contribution in [0.1, 0.15) is 10.5 Å². The fourth-order valence-electron chi connectivity index (χ4n) is 1.47. The molecule has 0 saturated heterocycles. The topological polar surface area (TPSA) is 103 Å². The van der Waals surface area contributed by atoms with Crippen molar-refractivity contribution in [1.82, 2.24) is 14.5 Å². The summed E-state index contributed by atoms with van der Waals surface area (Å²) in [5.74, 6) is -0.712. The zero-order valence-electron chi connectivity index (χ0n) is 9.70. The van der Waals surface area contributed by atoms with E-state index in [9.17, 15) is 14.9 Å². The van der Waals surface area contributed by atoms with Gasteiger partial charge >= 0.3 is 5.82 Å². The molecule has 0 spiro atoms. The van der Waals surface area contributed by atoms with Crippen LogP contribution in [-0.4, -0.2) is 25.4 Å². The van der Waals surface area contributed by atoms with Gasteiger partial charge in [-0.3, -0.25) is 10.1 Å². The SMILES string of the molecule is Cn1c(C(=O)Nc2nccc(Cl)n2)ccc1[N+](=O)[O-]. The van der Waals surface area contributed by atoms with Crippen LogP contribution >= 0.6 is 11.6 Å². The van der Waals surface area contributed by atoms with Crippen molar-refractivity contribution in [3.8, 4) is 0 Å². The van der Waals surface area contributed by atoms with Gasteiger partial charge in [-0.25, -0.2) is 14.5 Å². The minimum atomic E-state index is -0.577. The second-order valence-corrected chi connectivity index (χ2v) is 3.94. The summed E-state index contributed by atoms with van der Waals surface area (Å²) in [4.78, 5) is 29.6. The number of nitrogens with zero attached hydrogens (tertiary/aromatic N) is 4. The molecule has 0 unspecified atom stereocenters. The summed E-state index contributed by atoms with van der Waals surface area (Å²) in [5, 5.41) is 13.3. The van der Waals surface area contributed by atoms with Crippen molar-refractivity contribution in [3.63, 3.8) is 0 Å². The number of rotatable bonds is 3. The van der Waals surface area contributed by atoms with E-state index in [2.05, 4.69) is 15.3 Å². The van der Waals surface area contributed by atoms with Gasteiger partial charge in [-0.05, 0) is 17.1 Å². The summed E-state index contributed by atoms with van der Waals surface area (Å²) >= 11 is 5.65. The molecule has 0 aliphatic heterocycles. The van der Waals surface area contributed by atoms with E-state index in [1.54, 1.807) is 0 Å². The fourth-order valence-corrected chi connectivity index (χ4v) is 1.61. The van der Waals surface area contributed by atoms with E-state index in [1.165, 1.54) is 36.0 Å². The summed E-state index contributed by atoms with van der Waals surface area (Å²) in [6, 6.07) is 4.05. The van der Waals surface area contributed by atoms with Gasteiger partial charge in [0.25, 0.3) is 5.91 Å². The van der Waals surface area contributed by atoms with Crippen molar-refractivity contribution in [2.45, 2.75) is 0 Å². The largest absolute Gasteiger partial charge is 0.358 e. The summed E-state index contributed by atoms with van der Waals surface area (Å²) in [6.45, 7) is 0. The molecule has 1 amide bonds. The predicted octanol–water partition coefficient (Wildman–Crippen LogP) is 1.63. The molecule has 0 saturated carbocycles. The Labute approximate surface area is 112 Å². The number of carbonyl (C=O) groups is 1. The van der Waals surface area contributed by atoms with E-state index in [-0.39, 0.29) is 22.6 Å². The Balaban J connectivity index is 2.23. The number of aromatic nitrogens is 3. The van der Waals surface area contributed by atoms with E-state index in [0.717, 1.165) is 0 Å². The van der Waals surface area contributed by atoms with Gasteiger partial charge in [0, 0.05) is 12.3 Å². The van der Waals surface area contributed by atoms with E-state index < -0.39 is 10.8 Å². The Morgan fingerprint density at radius 3 is 2.79 bits per heavy atom. The second kappa shape index (κ2) is 5.02. The van der Waals surface area contributed by atoms with Crippen LogP contribution in [0.4, 0.5) is 11.8 Å². The predicted molar refractivity (Wildman–Crippen MR) is 67.1 cm³/mol. The first-order valence-corrected chi connectivity index (χ1v) is 5.47. The minimum absolute atomic E-state index is 0.0290. The van der Waals surface area contributed by atoms with Gasteiger partial charge in [0.15, 0.2) is 5.69 Å². The van der Waals surface area contributed by atoms with Crippen LogP contribution in [-0.2, 0) is 7.05 Å². The Bertz CT molecular complexity index is 654. The Hall–Kier alpha value is -2.48. The van der Waals surface area contributed by atoms with Crippen LogP contribution in [0.2, 0.25) is 5.15 Å². The Morgan fingerprint density at radius 2 is 2.21 bits per heavy atom. The molecule has 0 aromatic carbocycles. The van der Waals surface area contributed by atoms with E-state index >= 15 is 0 Å². The molecular formula is C10H8ClN5O3. The third kappa shape index (κ3) is 2.68. The van der Waals surface area contributed by atoms with Crippen LogP contribution in [0.5, 0.6) is 0 Å². The van der Waals surface area contributed by atoms with Crippen LogP contribution in [0, 0.1) is 10.1 Å². The first-order chi connectivity index (χ1) is 8.99. The van der Waals surface area contributed by atoms with E-state index in [1.807, 2.05) is 0 Å². The van der Waals surface area contributed by atoms with Gasteiger partial charge in [-0.1, -0.05) is 11.6 Å². The highest BCUT2D eigenvalue weighted by Crippen LogP contribution is 2.16. The first kappa shape index (κ1) is 13.0. The smallest absolute Gasteiger partial charge is 0.323 e. The number of amides is 1. The number of carbonyl (C=O) groups excluding carboxylic acids is 1. The molecule has 0 fully saturated rings. The van der Waals surface area contributed by atoms with Crippen molar-refractivity contribution in [1.29, 1.82) is 0 Å². The number of hydrogen-bond acceptors (Lipinski definition) is 5. The van der Waals surface area contributed by atoms with Crippen LogP contribution in [0.15, 0.2) is 24.4 Å². The van der Waals surface area contributed by atoms with Crippen LogP contribution < -0.4 is 5.32 Å². The average Bonchev–Trinajstić information content (AvgIpc) is 2.71. The highest BCUT2D eigenvalue weighted by atomic mass is 35.5. The van der Waals surface area contributed by atoms with Crippen LogP contribution in [0.25, 0.3) is 0 Å². The van der Waals surface area contributed by atoms with Gasteiger partial charge < -0.3 is 10.1 Å². The molecule has 2 aromatic heterocycles. The highest BCUT2D eigenvalue weighted by molar-refractivity contribution is 6.29. The number of nitrogens with one attached hydrogen (secondary N) is 1. The summed E-state index contributed by atoms with van der Waals surface area (Å²) in [6.07, 6.45) is 1.39. The lowest BCUT2D eigenvalue weighted by molar-refractivity contribution is -0.391. The second-order valence-electron chi connectivity index (χ2n) is 3.55. The summed E-state index contributed by atoms with van der Waals surface area (Å²) < 4.78 is 1.17. The maximum atomic E-state index is 11.9. The van der Waals surface area contributed by atoms with Crippen molar-refractivity contribution in [2.24, 2.45) is 7.05 Å². The molecule has 0 radical (unpaired) electrons. The zero-order valence-corrected chi connectivity index (χ0v) is 10.5. The lowest BCUT2D eigenvalue weighted by Crippen LogP contribution is -2.17. The standard InChI is InChI=1S/C10H8ClN5O3/c1-15-6(2-3-8(15)16(18)19)9(17)14-10-12-5-4-7(11)13-10/h2-5H,1H3,(H,12,13,14,17). The Kier molecular flexibility index (Phi) is 3.43. The lowest BCUT2D eigenvalue weighted by Gasteiger charge is -2.02. The molecule has 0 aliphatic carbocycles. The third-order valence-corrected chi connectivity index (χ3v) is 2.57. The van der Waals surface area contributed by atoms with Gasteiger partial charge in [0.2, 0.25) is 5.95 Å². The Morgan fingerprint density at radius 1 is 1.47 bits per heavy atom. The summed E-state index contributed by atoms with van der Waals surface area (Å²) in [7, 11) is 1.42. The molecule has 19 heavy (non-hydrogen) atoms. The first-order valence-electron chi connectivity index (χ1n) is 5.09. The molecule has 1 N–H and O–H groups in total. The van der Waals surface area contributed by atoms with Crippen molar-refractivity contribution in [2.75, 3.05) is 5.32 Å². The van der Waals surface area contributed by atoms with Crippen molar-refractivity contribution in [3.05, 3.63) is 45.4 Å². The fraction of sp³-hybridized carbons (Fsp3) is 0.100. The molecule has 2 aromatic rings. The summed E-state index contributed by atoms with van der Waals surface area (Å²) in [5.41, 5.74) is 0.121. The van der Waals surface area contributed by atoms with Crippen LogP contribution in [0.3, 0.4) is 0 Å². The normalized spacial score (nSPS) is 10.2. The third-order valence-electron chi connectivity index (χ3n) is 2.36. The minimum Gasteiger partial charge on any atom is -0.358 e. The number of hydrogen-bond donors (Lipinski definition) is 1. The van der Waals surface area contributed by atoms with E-state index in [0.29, 0.717) is 0 Å². The molecule has 0 atom stereocenters. The monoisotopic (exact) mass is 281 g/mol. The van der Waals surface area contributed by atoms with Gasteiger partial charge in [0.1, 0.15) is 5.15 Å². The molecule has 9 heteroatoms. The maximum Gasteiger partial charge on any atom is 0.323 e. The van der Waals surface area contributed by atoms with Gasteiger partial charge in [0.05, 0.1) is 7.05 Å². The lowest BCUT2D eigenvalue weighted by atomic mass is 10.4. The molecule has 98 valence electrons. The highest BCUT2D eigenvalue weighted by Gasteiger charge is 2.21. The van der Waals surface area contributed by atoms with Crippen molar-refractivity contribution < 1.29 is 9.72 Å². The molecule has 0 bridgehead atoms. The van der Waals surface area contributed by atoms with Gasteiger partial charge in [-0.15, -0.1) is 0 Å². The molecular weight excluding hydrogens is 274 g/mol. The molecule has 0 aliphatic rings. The maximum absolute atomic E-state index is 11.9. The molecule has 8 nitrogen and oxygen atoms in total. The quantitative estimate of drug-likeness (QED) is 0.523. The van der Waals surface area contributed by atoms with Crippen molar-refractivity contribution >= 4 is 29.3 Å².